The van der Waals surface area contributed by atoms with Gasteiger partial charge in [-0.05, 0) is 19.1 Å². The van der Waals surface area contributed by atoms with E-state index in [2.05, 4.69) is 4.74 Å². The van der Waals surface area contributed by atoms with Crippen LogP contribution in [0.1, 0.15) is 22.8 Å². The Morgan fingerprint density at radius 1 is 1.41 bits per heavy atom. The maximum atomic E-state index is 13.0. The quantitative estimate of drug-likeness (QED) is 0.605. The molecule has 94 valence electrons. The van der Waals surface area contributed by atoms with Gasteiger partial charge in [0.15, 0.2) is 0 Å². The molecule has 0 aliphatic heterocycles. The number of hydrogen-bond donors (Lipinski definition) is 0. The summed E-state index contributed by atoms with van der Waals surface area (Å²) >= 11 is 5.22. The molecule has 7 heteroatoms. The van der Waals surface area contributed by atoms with Crippen LogP contribution in [0.4, 0.5) is 17.6 Å². The Labute approximate surface area is 99.1 Å². The Kier molecular flexibility index (Phi) is 3.98. The lowest BCUT2D eigenvalue weighted by Gasteiger charge is -2.13. The van der Waals surface area contributed by atoms with Crippen LogP contribution in [0.15, 0.2) is 12.1 Å². The Morgan fingerprint density at radius 2 is 2.00 bits per heavy atom. The molecule has 0 spiro atoms. The van der Waals surface area contributed by atoms with Gasteiger partial charge in [-0.3, -0.25) is 0 Å². The summed E-state index contributed by atoms with van der Waals surface area (Å²) < 4.78 is 55.3. The van der Waals surface area contributed by atoms with Crippen molar-refractivity contribution in [3.8, 4) is 0 Å². The molecule has 0 atom stereocenters. The molecule has 1 aromatic carbocycles. The molecule has 0 aliphatic carbocycles. The van der Waals surface area contributed by atoms with Crippen molar-refractivity contribution < 1.29 is 27.1 Å². The van der Waals surface area contributed by atoms with Gasteiger partial charge in [-0.2, -0.15) is 13.2 Å². The Morgan fingerprint density at radius 3 is 2.47 bits per heavy atom. The molecule has 1 aromatic rings. The minimum absolute atomic E-state index is 0.0921. The first kappa shape index (κ1) is 13.8. The average molecular weight is 271 g/mol. The topological polar surface area (TPSA) is 26.3 Å². The highest BCUT2D eigenvalue weighted by atomic mass is 35.5. The second kappa shape index (κ2) is 4.91. The smallest absolute Gasteiger partial charge is 0.418 e. The molecule has 1 rings (SSSR count). The van der Waals surface area contributed by atoms with Crippen LogP contribution in [0.25, 0.3) is 0 Å². The van der Waals surface area contributed by atoms with Crippen molar-refractivity contribution in [1.29, 1.82) is 0 Å². The molecule has 0 aromatic heterocycles. The van der Waals surface area contributed by atoms with Crippen LogP contribution >= 0.6 is 11.6 Å². The summed E-state index contributed by atoms with van der Waals surface area (Å²) in [6.45, 7) is 1.35. The number of ether oxygens (including phenoxy) is 1. The van der Waals surface area contributed by atoms with E-state index in [4.69, 9.17) is 11.6 Å². The number of esters is 1. The molecule has 0 unspecified atom stereocenters. The van der Waals surface area contributed by atoms with Crippen LogP contribution in [0.5, 0.6) is 0 Å². The van der Waals surface area contributed by atoms with Gasteiger partial charge in [0.1, 0.15) is 5.82 Å². The fraction of sp³-hybridized carbons (Fsp3) is 0.300. The van der Waals surface area contributed by atoms with Gasteiger partial charge in [-0.25, -0.2) is 9.18 Å². The van der Waals surface area contributed by atoms with Gasteiger partial charge in [0.05, 0.1) is 22.8 Å². The van der Waals surface area contributed by atoms with Crippen molar-refractivity contribution >= 4 is 17.6 Å². The summed E-state index contributed by atoms with van der Waals surface area (Å²) in [6.07, 6.45) is -4.93. The summed E-state index contributed by atoms with van der Waals surface area (Å²) in [4.78, 5) is 11.3. The number of halogens is 5. The van der Waals surface area contributed by atoms with Crippen LogP contribution in [0, 0.1) is 5.82 Å². The lowest BCUT2D eigenvalue weighted by Crippen LogP contribution is -2.16. The third kappa shape index (κ3) is 2.88. The van der Waals surface area contributed by atoms with E-state index >= 15 is 0 Å². The van der Waals surface area contributed by atoms with Crippen molar-refractivity contribution in [2.24, 2.45) is 0 Å². The molecule has 0 saturated heterocycles. The SMILES string of the molecule is CCOC(=O)c1ccc(F)c(Cl)c1C(F)(F)F. The molecule has 0 aliphatic rings. The van der Waals surface area contributed by atoms with Crippen molar-refractivity contribution in [3.05, 3.63) is 34.1 Å². The van der Waals surface area contributed by atoms with Crippen molar-refractivity contribution in [2.45, 2.75) is 13.1 Å². The third-order valence-corrected chi connectivity index (χ3v) is 2.24. The first-order chi connectivity index (χ1) is 7.79. The molecule has 0 amide bonds. The van der Waals surface area contributed by atoms with Crippen LogP contribution in [0.2, 0.25) is 5.02 Å². The minimum atomic E-state index is -4.93. The Balaban J connectivity index is 3.41. The zero-order valence-corrected chi connectivity index (χ0v) is 9.32. The molecule has 2 nitrogen and oxygen atoms in total. The van der Waals surface area contributed by atoms with Gasteiger partial charge in [0.25, 0.3) is 0 Å². The van der Waals surface area contributed by atoms with Gasteiger partial charge in [0.2, 0.25) is 0 Å². The van der Waals surface area contributed by atoms with Crippen LogP contribution in [0.3, 0.4) is 0 Å². The number of rotatable bonds is 2. The largest absolute Gasteiger partial charge is 0.462 e. The van der Waals surface area contributed by atoms with Gasteiger partial charge >= 0.3 is 12.1 Å². The van der Waals surface area contributed by atoms with E-state index in [0.717, 1.165) is 0 Å². The molecule has 0 heterocycles. The summed E-state index contributed by atoms with van der Waals surface area (Å²) in [5, 5.41) is -1.14. The molecule has 0 radical (unpaired) electrons. The zero-order valence-electron chi connectivity index (χ0n) is 8.57. The number of carbonyl (C=O) groups excluding carboxylic acids is 1. The molecule has 0 bridgehead atoms. The highest BCUT2D eigenvalue weighted by Gasteiger charge is 2.39. The van der Waals surface area contributed by atoms with E-state index in [1.807, 2.05) is 0 Å². The average Bonchev–Trinajstić information content (AvgIpc) is 2.20. The van der Waals surface area contributed by atoms with E-state index in [9.17, 15) is 22.4 Å². The first-order valence-corrected chi connectivity index (χ1v) is 4.89. The molecular weight excluding hydrogens is 264 g/mol. The number of carbonyl (C=O) groups is 1. The molecule has 0 N–H and O–H groups in total. The summed E-state index contributed by atoms with van der Waals surface area (Å²) in [5.41, 5.74) is -2.32. The third-order valence-electron chi connectivity index (χ3n) is 1.87. The Bertz CT molecular complexity index is 443. The summed E-state index contributed by atoms with van der Waals surface area (Å²) in [6, 6.07) is 1.38. The maximum absolute atomic E-state index is 13.0. The van der Waals surface area contributed by atoms with Gasteiger partial charge in [-0.15, -0.1) is 0 Å². The fourth-order valence-corrected chi connectivity index (χ4v) is 1.48. The predicted octanol–water partition coefficient (Wildman–Crippen LogP) is 3.67. The number of benzene rings is 1. The maximum Gasteiger partial charge on any atom is 0.418 e. The second-order valence-corrected chi connectivity index (χ2v) is 3.38. The number of alkyl halides is 3. The van der Waals surface area contributed by atoms with Gasteiger partial charge < -0.3 is 4.74 Å². The normalized spacial score (nSPS) is 11.4. The van der Waals surface area contributed by atoms with E-state index in [1.54, 1.807) is 0 Å². The van der Waals surface area contributed by atoms with Gasteiger partial charge in [-0.1, -0.05) is 11.6 Å². The second-order valence-electron chi connectivity index (χ2n) is 3.00. The van der Waals surface area contributed by atoms with E-state index in [1.165, 1.54) is 6.92 Å². The molecule has 0 saturated carbocycles. The van der Waals surface area contributed by atoms with E-state index < -0.39 is 34.1 Å². The molecule has 0 fully saturated rings. The van der Waals surface area contributed by atoms with E-state index in [-0.39, 0.29) is 6.61 Å². The zero-order chi connectivity index (χ0) is 13.2. The standard InChI is InChI=1S/C10H7ClF4O2/c1-2-17-9(16)5-3-4-6(12)8(11)7(5)10(13,14)15/h3-4H,2H2,1H3. The lowest BCUT2D eigenvalue weighted by molar-refractivity contribution is -0.138. The molecular formula is C10H7ClF4O2. The van der Waals surface area contributed by atoms with Crippen LogP contribution in [-0.2, 0) is 10.9 Å². The van der Waals surface area contributed by atoms with Crippen molar-refractivity contribution in [1.82, 2.24) is 0 Å². The highest BCUT2D eigenvalue weighted by molar-refractivity contribution is 6.32. The number of hydrogen-bond acceptors (Lipinski definition) is 2. The molecule has 17 heavy (non-hydrogen) atoms. The minimum Gasteiger partial charge on any atom is -0.462 e. The predicted molar refractivity (Wildman–Crippen MR) is 52.4 cm³/mol. The fourth-order valence-electron chi connectivity index (χ4n) is 1.21. The Hall–Kier alpha value is -1.30. The first-order valence-electron chi connectivity index (χ1n) is 4.51. The van der Waals surface area contributed by atoms with Gasteiger partial charge in [0, 0.05) is 0 Å². The summed E-state index contributed by atoms with van der Waals surface area (Å²) in [7, 11) is 0. The lowest BCUT2D eigenvalue weighted by atomic mass is 10.1. The van der Waals surface area contributed by atoms with Crippen LogP contribution < -0.4 is 0 Å². The summed E-state index contributed by atoms with van der Waals surface area (Å²) in [5.74, 6) is -2.44. The van der Waals surface area contributed by atoms with Crippen LogP contribution in [-0.4, -0.2) is 12.6 Å². The van der Waals surface area contributed by atoms with Crippen molar-refractivity contribution in [3.63, 3.8) is 0 Å². The monoisotopic (exact) mass is 270 g/mol. The van der Waals surface area contributed by atoms with E-state index in [0.29, 0.717) is 12.1 Å². The van der Waals surface area contributed by atoms with Crippen molar-refractivity contribution in [2.75, 3.05) is 6.61 Å². The highest BCUT2D eigenvalue weighted by Crippen LogP contribution is 2.38.